The third-order valence-electron chi connectivity index (χ3n) is 7.65. The Morgan fingerprint density at radius 2 is 2.11 bits per heavy atom. The van der Waals surface area contributed by atoms with Crippen LogP contribution < -0.4 is 10.1 Å². The van der Waals surface area contributed by atoms with E-state index in [-0.39, 0.29) is 23.9 Å². The van der Waals surface area contributed by atoms with Crippen molar-refractivity contribution in [1.82, 2.24) is 5.32 Å². The van der Waals surface area contributed by atoms with Crippen LogP contribution in [-0.4, -0.2) is 36.9 Å². The summed E-state index contributed by atoms with van der Waals surface area (Å²) in [4.78, 5) is 12.2. The molecule has 5 nitrogen and oxygen atoms in total. The van der Waals surface area contributed by atoms with E-state index in [2.05, 4.69) is 17.4 Å². The quantitative estimate of drug-likeness (QED) is 0.762. The van der Waals surface area contributed by atoms with Crippen molar-refractivity contribution >= 4 is 5.97 Å². The topological polar surface area (TPSA) is 67.8 Å². The van der Waals surface area contributed by atoms with Gasteiger partial charge in [-0.1, -0.05) is 19.1 Å². The lowest BCUT2D eigenvalue weighted by atomic mass is 9.81. The molecule has 1 saturated heterocycles. The van der Waals surface area contributed by atoms with Gasteiger partial charge in [0.05, 0.1) is 19.1 Å². The molecule has 5 heteroatoms. The Morgan fingerprint density at radius 3 is 2.75 bits per heavy atom. The molecule has 0 amide bonds. The maximum absolute atomic E-state index is 12.2. The monoisotopic (exact) mass is 385 g/mol. The number of hydrogen-bond donors (Lipinski definition) is 2. The first-order valence-electron chi connectivity index (χ1n) is 10.8. The first-order valence-corrected chi connectivity index (χ1v) is 10.8. The first-order chi connectivity index (χ1) is 13.5. The number of carbonyl (C=O) groups excluding carboxylic acids is 1. The highest BCUT2D eigenvalue weighted by molar-refractivity contribution is 5.73. The summed E-state index contributed by atoms with van der Waals surface area (Å²) in [7, 11) is 1.46. The fraction of sp³-hybridized carbons (Fsp3) is 0.696. The second kappa shape index (κ2) is 7.03. The number of fused-ring (bicyclic) bond motifs is 3. The Labute approximate surface area is 166 Å². The number of esters is 1. The molecule has 0 spiro atoms. The van der Waals surface area contributed by atoms with E-state index in [1.165, 1.54) is 13.5 Å². The van der Waals surface area contributed by atoms with Crippen molar-refractivity contribution in [3.8, 4) is 5.75 Å². The van der Waals surface area contributed by atoms with Gasteiger partial charge in [0.15, 0.2) is 0 Å². The molecule has 2 saturated carbocycles. The Hall–Kier alpha value is -1.59. The highest BCUT2D eigenvalue weighted by Gasteiger charge is 2.46. The zero-order valence-corrected chi connectivity index (χ0v) is 16.8. The number of benzene rings is 1. The molecule has 4 aliphatic rings. The van der Waals surface area contributed by atoms with Gasteiger partial charge in [0.2, 0.25) is 0 Å². The van der Waals surface area contributed by atoms with Gasteiger partial charge in [-0.2, -0.15) is 0 Å². The van der Waals surface area contributed by atoms with Gasteiger partial charge in [-0.25, -0.2) is 0 Å². The van der Waals surface area contributed by atoms with E-state index in [1.54, 1.807) is 0 Å². The minimum Gasteiger partial charge on any atom is -0.490 e. The minimum atomic E-state index is -0.465. The fourth-order valence-corrected chi connectivity index (χ4v) is 6.05. The van der Waals surface area contributed by atoms with Crippen LogP contribution in [0.3, 0.4) is 0 Å². The number of methoxy groups -OCH3 is 1. The third kappa shape index (κ3) is 3.13. The molecule has 0 radical (unpaired) electrons. The Balaban J connectivity index is 1.41. The van der Waals surface area contributed by atoms with E-state index < -0.39 is 6.10 Å². The van der Waals surface area contributed by atoms with Crippen molar-refractivity contribution in [1.29, 1.82) is 0 Å². The van der Waals surface area contributed by atoms with Crippen LogP contribution in [0.25, 0.3) is 0 Å². The molecule has 2 bridgehead atoms. The normalized spacial score (nSPS) is 35.8. The van der Waals surface area contributed by atoms with Gasteiger partial charge in [-0.15, -0.1) is 0 Å². The summed E-state index contributed by atoms with van der Waals surface area (Å²) in [5.74, 6) is 2.40. The van der Waals surface area contributed by atoms with Crippen molar-refractivity contribution in [3.05, 3.63) is 29.3 Å². The van der Waals surface area contributed by atoms with Gasteiger partial charge in [-0.3, -0.25) is 4.79 Å². The molecule has 3 fully saturated rings. The Morgan fingerprint density at radius 1 is 1.29 bits per heavy atom. The third-order valence-corrected chi connectivity index (χ3v) is 7.65. The summed E-state index contributed by atoms with van der Waals surface area (Å²) in [5, 5.41) is 14.3. The number of hydrogen-bond acceptors (Lipinski definition) is 5. The summed E-state index contributed by atoms with van der Waals surface area (Å²) in [6, 6.07) is 6.81. The van der Waals surface area contributed by atoms with Gasteiger partial charge in [0, 0.05) is 23.9 Å². The maximum atomic E-state index is 12.2. The molecule has 1 aromatic rings. The van der Waals surface area contributed by atoms with Crippen LogP contribution in [0.15, 0.2) is 18.2 Å². The molecule has 5 unspecified atom stereocenters. The van der Waals surface area contributed by atoms with Crippen LogP contribution in [0, 0.1) is 23.7 Å². The predicted octanol–water partition coefficient (Wildman–Crippen LogP) is 3.17. The van der Waals surface area contributed by atoms with Gasteiger partial charge < -0.3 is 19.9 Å². The van der Waals surface area contributed by atoms with Crippen molar-refractivity contribution < 1.29 is 19.4 Å². The highest BCUT2D eigenvalue weighted by atomic mass is 16.5. The predicted molar refractivity (Wildman–Crippen MR) is 105 cm³/mol. The van der Waals surface area contributed by atoms with E-state index in [4.69, 9.17) is 9.47 Å². The minimum absolute atomic E-state index is 0.0901. The zero-order valence-electron chi connectivity index (χ0n) is 16.8. The summed E-state index contributed by atoms with van der Waals surface area (Å²) in [6.45, 7) is 3.05. The number of nitrogens with one attached hydrogen (secondary N) is 1. The van der Waals surface area contributed by atoms with Crippen LogP contribution in [0.1, 0.15) is 62.2 Å². The van der Waals surface area contributed by atoms with Crippen LogP contribution in [0.2, 0.25) is 0 Å². The standard InChI is InChI=1S/C23H31NO4/c1-12(23(26)27-2)22(13-3-4-13)14-5-6-17-19(25)10-21(28-20(17)8-14)18-9-16-7-15(18)11-24-16/h5-6,8,12-13,15-16,18-19,21-22,24-25H,3-4,7,9-11H2,1-2H3/t12-,15?,16?,18?,19?,21?,22-/m0/s1. The lowest BCUT2D eigenvalue weighted by molar-refractivity contribution is -0.145. The number of carbonyl (C=O) groups is 1. The lowest BCUT2D eigenvalue weighted by Gasteiger charge is -2.37. The molecular formula is C23H31NO4. The molecule has 2 N–H and O–H groups in total. The van der Waals surface area contributed by atoms with Crippen molar-refractivity contribution in [2.75, 3.05) is 13.7 Å². The largest absolute Gasteiger partial charge is 0.490 e. The summed E-state index contributed by atoms with van der Waals surface area (Å²) in [6.07, 6.45) is 5.03. The molecule has 2 aliphatic heterocycles. The number of ether oxygens (including phenoxy) is 2. The molecular weight excluding hydrogens is 354 g/mol. The maximum Gasteiger partial charge on any atom is 0.309 e. The number of aliphatic hydroxyl groups excluding tert-OH is 1. The fourth-order valence-electron chi connectivity index (χ4n) is 6.05. The lowest BCUT2D eigenvalue weighted by Crippen LogP contribution is -2.40. The van der Waals surface area contributed by atoms with Crippen molar-refractivity contribution in [3.63, 3.8) is 0 Å². The molecule has 2 heterocycles. The summed E-state index contributed by atoms with van der Waals surface area (Å²) >= 11 is 0. The molecule has 1 aromatic carbocycles. The molecule has 28 heavy (non-hydrogen) atoms. The average Bonchev–Trinajstić information content (AvgIpc) is 3.29. The van der Waals surface area contributed by atoms with Crippen molar-refractivity contribution in [2.45, 2.75) is 63.2 Å². The van der Waals surface area contributed by atoms with E-state index >= 15 is 0 Å². The van der Waals surface area contributed by atoms with E-state index in [0.717, 1.165) is 42.7 Å². The number of piperidine rings is 1. The van der Waals surface area contributed by atoms with Gasteiger partial charge >= 0.3 is 5.97 Å². The van der Waals surface area contributed by atoms with Crippen LogP contribution in [-0.2, 0) is 9.53 Å². The van der Waals surface area contributed by atoms with Crippen LogP contribution in [0.5, 0.6) is 5.75 Å². The van der Waals surface area contributed by atoms with Crippen molar-refractivity contribution in [2.24, 2.45) is 23.7 Å². The second-order valence-corrected chi connectivity index (χ2v) is 9.38. The SMILES string of the molecule is COC(=O)[C@@H](C)[C@H](c1ccc2c(c1)OC(C1CC3CC1CN3)CC2O)C1CC1. The Kier molecular flexibility index (Phi) is 4.63. The first kappa shape index (κ1) is 18.4. The Bertz CT molecular complexity index is 761. The van der Waals surface area contributed by atoms with Crippen LogP contribution >= 0.6 is 0 Å². The summed E-state index contributed by atoms with van der Waals surface area (Å²) in [5.41, 5.74) is 2.03. The molecule has 2 aliphatic carbocycles. The van der Waals surface area contributed by atoms with Gasteiger partial charge in [0.1, 0.15) is 11.9 Å². The highest BCUT2D eigenvalue weighted by Crippen LogP contribution is 2.50. The van der Waals surface area contributed by atoms with Gasteiger partial charge in [-0.05, 0) is 61.6 Å². The molecule has 7 atom stereocenters. The zero-order chi connectivity index (χ0) is 19.4. The second-order valence-electron chi connectivity index (χ2n) is 9.38. The number of aliphatic hydroxyl groups is 1. The van der Waals surface area contributed by atoms with Crippen LogP contribution in [0.4, 0.5) is 0 Å². The molecule has 0 aromatic heterocycles. The number of rotatable bonds is 5. The molecule has 152 valence electrons. The average molecular weight is 386 g/mol. The van der Waals surface area contributed by atoms with Gasteiger partial charge in [0.25, 0.3) is 0 Å². The smallest absolute Gasteiger partial charge is 0.309 e. The van der Waals surface area contributed by atoms with E-state index in [1.807, 2.05) is 13.0 Å². The molecule has 5 rings (SSSR count). The van der Waals surface area contributed by atoms with E-state index in [9.17, 15) is 9.90 Å². The summed E-state index contributed by atoms with van der Waals surface area (Å²) < 4.78 is 11.5. The van der Waals surface area contributed by atoms with E-state index in [0.29, 0.717) is 30.2 Å².